The fourth-order valence-electron chi connectivity index (χ4n) is 3.54. The van der Waals surface area contributed by atoms with E-state index in [-0.39, 0.29) is 5.56 Å². The summed E-state index contributed by atoms with van der Waals surface area (Å²) >= 11 is 0. The van der Waals surface area contributed by atoms with Crippen LogP contribution in [0.25, 0.3) is 0 Å². The number of anilines is 1. The van der Waals surface area contributed by atoms with Gasteiger partial charge in [0.1, 0.15) is 5.75 Å². The number of para-hydroxylation sites is 2. The van der Waals surface area contributed by atoms with Gasteiger partial charge >= 0.3 is 0 Å². The average molecular weight is 398 g/mol. The number of piperazine rings is 1. The summed E-state index contributed by atoms with van der Waals surface area (Å²) in [5.74, 6) is 1.28. The number of aryl methyl sites for hydroxylation is 1. The second kappa shape index (κ2) is 10.5. The number of aromatic nitrogens is 1. The van der Waals surface area contributed by atoms with Crippen LogP contribution in [0.1, 0.15) is 19.8 Å². The Labute approximate surface area is 172 Å². The number of rotatable bonds is 7. The van der Waals surface area contributed by atoms with Crippen molar-refractivity contribution >= 4 is 11.6 Å². The van der Waals surface area contributed by atoms with E-state index in [0.29, 0.717) is 5.75 Å². The van der Waals surface area contributed by atoms with E-state index >= 15 is 0 Å². The number of aliphatic imine (C=N–C) groups is 1. The molecule has 0 atom stereocenters. The zero-order valence-corrected chi connectivity index (χ0v) is 17.1. The lowest BCUT2D eigenvalue weighted by atomic mass is 10.2. The lowest BCUT2D eigenvalue weighted by molar-refractivity contribution is 0.369. The Morgan fingerprint density at radius 3 is 2.55 bits per heavy atom. The molecule has 0 spiro atoms. The molecule has 0 bridgehead atoms. The van der Waals surface area contributed by atoms with Crippen LogP contribution in [0.4, 0.5) is 5.69 Å². The Hall–Kier alpha value is -2.96. The molecule has 2 aromatic rings. The second-order valence-electron chi connectivity index (χ2n) is 7.14. The Morgan fingerprint density at radius 2 is 1.83 bits per heavy atom. The Morgan fingerprint density at radius 1 is 1.07 bits per heavy atom. The van der Waals surface area contributed by atoms with Crippen LogP contribution < -0.4 is 15.8 Å². The molecule has 7 nitrogen and oxygen atoms in total. The summed E-state index contributed by atoms with van der Waals surface area (Å²) in [5.41, 5.74) is 0.942. The van der Waals surface area contributed by atoms with Crippen LogP contribution >= 0.6 is 0 Å². The van der Waals surface area contributed by atoms with Gasteiger partial charge in [0.25, 0.3) is 0 Å². The van der Waals surface area contributed by atoms with Gasteiger partial charge in [-0.2, -0.15) is 0 Å². The summed E-state index contributed by atoms with van der Waals surface area (Å²) in [5, 5.41) is 13.5. The largest absolute Gasteiger partial charge is 0.506 e. The highest BCUT2D eigenvalue weighted by molar-refractivity contribution is 5.80. The monoisotopic (exact) mass is 397 g/mol. The van der Waals surface area contributed by atoms with Gasteiger partial charge in [-0.1, -0.05) is 18.2 Å². The molecule has 0 aliphatic carbocycles. The van der Waals surface area contributed by atoms with Crippen LogP contribution in [0.2, 0.25) is 0 Å². The van der Waals surface area contributed by atoms with Crippen LogP contribution in [0.3, 0.4) is 0 Å². The molecule has 0 amide bonds. The van der Waals surface area contributed by atoms with Crippen molar-refractivity contribution in [3.63, 3.8) is 0 Å². The first-order chi connectivity index (χ1) is 14.2. The maximum atomic E-state index is 11.7. The van der Waals surface area contributed by atoms with E-state index in [1.165, 1.54) is 0 Å². The van der Waals surface area contributed by atoms with E-state index < -0.39 is 0 Å². The fourth-order valence-corrected chi connectivity index (χ4v) is 3.54. The Balaban J connectivity index is 1.48. The number of hydrogen-bond acceptors (Lipinski definition) is 4. The van der Waals surface area contributed by atoms with E-state index in [9.17, 15) is 9.90 Å². The number of benzene rings is 1. The number of unbranched alkanes of at least 4 members (excludes halogenated alkanes) is 1. The van der Waals surface area contributed by atoms with Crippen molar-refractivity contribution < 1.29 is 5.11 Å². The minimum Gasteiger partial charge on any atom is -0.506 e. The molecule has 0 unspecified atom stereocenters. The van der Waals surface area contributed by atoms with Crippen molar-refractivity contribution in [1.29, 1.82) is 0 Å². The Bertz CT molecular complexity index is 856. The second-order valence-corrected chi connectivity index (χ2v) is 7.14. The van der Waals surface area contributed by atoms with Crippen molar-refractivity contribution in [2.45, 2.75) is 26.3 Å². The van der Waals surface area contributed by atoms with Crippen LogP contribution in [0.5, 0.6) is 5.75 Å². The predicted molar refractivity (Wildman–Crippen MR) is 118 cm³/mol. The maximum absolute atomic E-state index is 11.7. The lowest BCUT2D eigenvalue weighted by Crippen LogP contribution is -2.52. The maximum Gasteiger partial charge on any atom is 0.250 e. The lowest BCUT2D eigenvalue weighted by Gasteiger charge is -2.37. The van der Waals surface area contributed by atoms with Gasteiger partial charge in [0.05, 0.1) is 5.69 Å². The number of nitrogens with one attached hydrogen (secondary N) is 1. The SMILES string of the molecule is CCNC(=NCCCCn1ccccc1=O)N1CCN(c2ccccc2O)CC1. The number of nitrogens with zero attached hydrogens (tertiary/aromatic N) is 4. The molecule has 1 aromatic carbocycles. The quantitative estimate of drug-likeness (QED) is 0.425. The summed E-state index contributed by atoms with van der Waals surface area (Å²) < 4.78 is 1.74. The van der Waals surface area contributed by atoms with Gasteiger partial charge in [-0.25, -0.2) is 0 Å². The van der Waals surface area contributed by atoms with Crippen molar-refractivity contribution in [2.75, 3.05) is 44.2 Å². The average Bonchev–Trinajstić information content (AvgIpc) is 2.74. The van der Waals surface area contributed by atoms with E-state index in [1.807, 2.05) is 30.5 Å². The molecular formula is C22H31N5O2. The van der Waals surface area contributed by atoms with Gasteiger partial charge in [0.2, 0.25) is 5.56 Å². The van der Waals surface area contributed by atoms with Gasteiger partial charge in [-0.3, -0.25) is 9.79 Å². The number of hydrogen-bond donors (Lipinski definition) is 2. The topological polar surface area (TPSA) is 73.1 Å². The van der Waals surface area contributed by atoms with Crippen LogP contribution in [0, 0.1) is 0 Å². The summed E-state index contributed by atoms with van der Waals surface area (Å²) in [6, 6.07) is 12.7. The number of guanidine groups is 1. The molecule has 156 valence electrons. The van der Waals surface area contributed by atoms with E-state index in [4.69, 9.17) is 4.99 Å². The zero-order chi connectivity index (χ0) is 20.5. The molecular weight excluding hydrogens is 366 g/mol. The summed E-state index contributed by atoms with van der Waals surface area (Å²) in [4.78, 5) is 21.0. The highest BCUT2D eigenvalue weighted by Crippen LogP contribution is 2.27. The Kier molecular flexibility index (Phi) is 7.55. The smallest absolute Gasteiger partial charge is 0.250 e. The van der Waals surface area contributed by atoms with Crippen molar-refractivity contribution in [2.24, 2.45) is 4.99 Å². The number of phenolic OH excluding ortho intramolecular Hbond substituents is 1. The first-order valence-corrected chi connectivity index (χ1v) is 10.4. The number of phenols is 1. The van der Waals surface area contributed by atoms with E-state index in [0.717, 1.165) is 70.3 Å². The van der Waals surface area contributed by atoms with E-state index in [2.05, 4.69) is 22.0 Å². The summed E-state index contributed by atoms with van der Waals surface area (Å²) in [6.07, 6.45) is 3.70. The molecule has 1 fully saturated rings. The van der Waals surface area contributed by atoms with Crippen molar-refractivity contribution in [3.8, 4) is 5.75 Å². The highest BCUT2D eigenvalue weighted by atomic mass is 16.3. The minimum atomic E-state index is 0.0478. The molecule has 7 heteroatoms. The molecule has 1 aliphatic heterocycles. The fraction of sp³-hybridized carbons (Fsp3) is 0.455. The third-order valence-electron chi connectivity index (χ3n) is 5.10. The number of pyridine rings is 1. The first kappa shape index (κ1) is 20.8. The molecule has 3 rings (SSSR count). The van der Waals surface area contributed by atoms with Crippen molar-refractivity contribution in [1.82, 2.24) is 14.8 Å². The highest BCUT2D eigenvalue weighted by Gasteiger charge is 2.21. The molecule has 29 heavy (non-hydrogen) atoms. The van der Waals surface area contributed by atoms with Gasteiger partial charge in [-0.15, -0.1) is 0 Å². The van der Waals surface area contributed by atoms with Gasteiger partial charge in [0.15, 0.2) is 5.96 Å². The summed E-state index contributed by atoms with van der Waals surface area (Å²) in [7, 11) is 0. The van der Waals surface area contributed by atoms with Gasteiger partial charge in [0, 0.05) is 58.1 Å². The van der Waals surface area contributed by atoms with Crippen LogP contribution in [-0.4, -0.2) is 59.8 Å². The number of aromatic hydroxyl groups is 1. The standard InChI is InChI=1S/C22H31N5O2/c1-2-23-22(24-12-6-8-14-26-13-7-5-11-21(26)29)27-17-15-25(16-18-27)19-9-3-4-10-20(19)28/h3-5,7,9-11,13,28H,2,6,8,12,14-18H2,1H3,(H,23,24). The third-order valence-corrected chi connectivity index (χ3v) is 5.10. The normalized spacial score (nSPS) is 14.9. The third kappa shape index (κ3) is 5.76. The summed E-state index contributed by atoms with van der Waals surface area (Å²) in [6.45, 7) is 7.79. The van der Waals surface area contributed by atoms with Crippen LogP contribution in [-0.2, 0) is 6.54 Å². The zero-order valence-electron chi connectivity index (χ0n) is 17.1. The van der Waals surface area contributed by atoms with E-state index in [1.54, 1.807) is 22.8 Å². The molecule has 2 heterocycles. The van der Waals surface area contributed by atoms with Crippen LogP contribution in [0.15, 0.2) is 58.4 Å². The molecule has 2 N–H and O–H groups in total. The van der Waals surface area contributed by atoms with Gasteiger partial charge in [-0.05, 0) is 38.0 Å². The van der Waals surface area contributed by atoms with Gasteiger partial charge < -0.3 is 24.8 Å². The molecule has 1 aromatic heterocycles. The minimum absolute atomic E-state index is 0.0478. The molecule has 0 saturated carbocycles. The molecule has 1 aliphatic rings. The molecule has 1 saturated heterocycles. The van der Waals surface area contributed by atoms with Crippen molar-refractivity contribution in [3.05, 3.63) is 59.0 Å². The first-order valence-electron chi connectivity index (χ1n) is 10.4. The molecule has 0 radical (unpaired) electrons. The predicted octanol–water partition coefficient (Wildman–Crippen LogP) is 2.12.